The van der Waals surface area contributed by atoms with Gasteiger partial charge in [-0.25, -0.2) is 4.99 Å². The van der Waals surface area contributed by atoms with Gasteiger partial charge in [-0.3, -0.25) is 4.79 Å². The van der Waals surface area contributed by atoms with Crippen molar-refractivity contribution in [2.45, 2.75) is 6.17 Å². The number of anilines is 1. The number of primary amides is 1. The summed E-state index contributed by atoms with van der Waals surface area (Å²) >= 11 is 13.3. The second-order valence-corrected chi connectivity index (χ2v) is 9.43. The molecular weight excluding hydrogens is 525 g/mol. The summed E-state index contributed by atoms with van der Waals surface area (Å²) in [5.41, 5.74) is 9.31. The van der Waals surface area contributed by atoms with Gasteiger partial charge in [0.15, 0.2) is 11.9 Å². The van der Waals surface area contributed by atoms with Gasteiger partial charge in [-0.1, -0.05) is 35.3 Å². The lowest BCUT2D eigenvalue weighted by molar-refractivity contribution is 0.100. The number of ether oxygens (including phenoxy) is 1. The fraction of sp³-hybridized carbons (Fsp3) is 0.111. The van der Waals surface area contributed by atoms with Crippen molar-refractivity contribution in [3.8, 4) is 22.9 Å². The van der Waals surface area contributed by atoms with Crippen molar-refractivity contribution in [1.82, 2.24) is 9.80 Å². The topological polar surface area (TPSA) is 119 Å². The first kappa shape index (κ1) is 25.1. The van der Waals surface area contributed by atoms with E-state index in [0.29, 0.717) is 17.1 Å². The van der Waals surface area contributed by atoms with Crippen LogP contribution in [0.1, 0.15) is 15.9 Å². The van der Waals surface area contributed by atoms with E-state index in [1.54, 1.807) is 67.0 Å². The summed E-state index contributed by atoms with van der Waals surface area (Å²) in [4.78, 5) is 24.4. The van der Waals surface area contributed by atoms with E-state index < -0.39 is 5.91 Å². The highest BCUT2D eigenvalue weighted by atomic mass is 35.5. The van der Waals surface area contributed by atoms with Gasteiger partial charge in [0.1, 0.15) is 5.70 Å². The van der Waals surface area contributed by atoms with Crippen molar-refractivity contribution in [3.63, 3.8) is 0 Å². The van der Waals surface area contributed by atoms with Crippen LogP contribution in [0.4, 0.5) is 5.69 Å². The molecule has 1 atom stereocenters. The summed E-state index contributed by atoms with van der Waals surface area (Å²) in [6, 6.07) is 19.4. The van der Waals surface area contributed by atoms with E-state index in [2.05, 4.69) is 16.4 Å². The van der Waals surface area contributed by atoms with Crippen LogP contribution in [-0.4, -0.2) is 48.3 Å². The van der Waals surface area contributed by atoms with Gasteiger partial charge in [0.25, 0.3) is 0 Å². The van der Waals surface area contributed by atoms with E-state index >= 15 is 0 Å². The lowest BCUT2D eigenvalue weighted by atomic mass is 10.0. The van der Waals surface area contributed by atoms with E-state index in [0.717, 1.165) is 22.5 Å². The molecule has 11 heteroatoms. The Labute approximate surface area is 229 Å². The number of carbonyl (C=O) groups excluding carboxylic acids is 1. The van der Waals surface area contributed by atoms with Crippen molar-refractivity contribution in [2.75, 3.05) is 19.4 Å². The van der Waals surface area contributed by atoms with Crippen LogP contribution in [0.15, 0.2) is 82.2 Å². The highest BCUT2D eigenvalue weighted by Crippen LogP contribution is 2.40. The van der Waals surface area contributed by atoms with Crippen LogP contribution in [0.5, 0.6) is 5.75 Å². The predicted molar refractivity (Wildman–Crippen MR) is 148 cm³/mol. The van der Waals surface area contributed by atoms with Crippen molar-refractivity contribution in [3.05, 3.63) is 93.4 Å². The molecule has 5 rings (SSSR count). The molecule has 38 heavy (non-hydrogen) atoms. The minimum absolute atomic E-state index is 0.249. The van der Waals surface area contributed by atoms with E-state index in [9.17, 15) is 4.79 Å². The standard InChI is InChI=1S/C27H21Cl2N7O2/c1-35-14-32-25-22(35)26(34-27(36(25)2)33-19-9-3-15(13-30)4-10-19)38-23-20(28)11-18(12-21(23)29)16-5-7-17(8-6-16)24(31)37/h3-12,14,25H,1-2H3,(H2,31,37)(H,33,34). The molecule has 1 amide bonds. The number of hydrogen-bond donors (Lipinski definition) is 2. The molecule has 2 aliphatic heterocycles. The third kappa shape index (κ3) is 4.75. The number of guanidine groups is 1. The van der Waals surface area contributed by atoms with Gasteiger partial charge in [0.05, 0.1) is 28.0 Å². The second-order valence-electron chi connectivity index (χ2n) is 8.61. The molecule has 9 nitrogen and oxygen atoms in total. The van der Waals surface area contributed by atoms with E-state index in [1.165, 1.54) is 0 Å². The molecule has 0 saturated heterocycles. The Hall–Kier alpha value is -4.52. The summed E-state index contributed by atoms with van der Waals surface area (Å²) in [6.45, 7) is 0. The quantitative estimate of drug-likeness (QED) is 0.470. The maximum atomic E-state index is 11.4. The zero-order valence-corrected chi connectivity index (χ0v) is 21.8. The van der Waals surface area contributed by atoms with Gasteiger partial charge in [-0.15, -0.1) is 0 Å². The van der Waals surface area contributed by atoms with Crippen LogP contribution in [0, 0.1) is 11.3 Å². The number of nitrogens with zero attached hydrogens (tertiary/aromatic N) is 5. The molecule has 0 fully saturated rings. The fourth-order valence-electron chi connectivity index (χ4n) is 4.07. The zero-order valence-electron chi connectivity index (χ0n) is 20.3. The number of likely N-dealkylation sites (N-methyl/N-ethyl adjacent to an activating group) is 2. The molecule has 0 aromatic heterocycles. The number of hydrogen-bond acceptors (Lipinski definition) is 8. The largest absolute Gasteiger partial charge is 0.434 e. The van der Waals surface area contributed by atoms with Crippen LogP contribution >= 0.6 is 23.2 Å². The maximum Gasteiger partial charge on any atom is 0.248 e. The SMILES string of the molecule is CN1C=NC2C1=C(Oc1c(Cl)cc(-c3ccc(C(N)=O)cc3)cc1Cl)N=C(Nc1ccc(C#N)cc1)N2C. The Morgan fingerprint density at radius 2 is 1.71 bits per heavy atom. The minimum Gasteiger partial charge on any atom is -0.434 e. The summed E-state index contributed by atoms with van der Waals surface area (Å²) in [5.74, 6) is 0.520. The molecular formula is C27H21Cl2N7O2. The predicted octanol–water partition coefficient (Wildman–Crippen LogP) is 4.89. The molecule has 1 unspecified atom stereocenters. The second kappa shape index (κ2) is 10.1. The van der Waals surface area contributed by atoms with Gasteiger partial charge < -0.3 is 25.6 Å². The van der Waals surface area contributed by atoms with Crippen LogP contribution in [0.3, 0.4) is 0 Å². The number of aliphatic imine (C=N–C) groups is 2. The van der Waals surface area contributed by atoms with Gasteiger partial charge in [-0.05, 0) is 59.7 Å². The first-order valence-electron chi connectivity index (χ1n) is 11.4. The Bertz CT molecular complexity index is 1530. The molecule has 2 aliphatic rings. The first-order chi connectivity index (χ1) is 18.2. The number of carbonyl (C=O) groups is 1. The van der Waals surface area contributed by atoms with Crippen molar-refractivity contribution in [2.24, 2.45) is 15.7 Å². The molecule has 0 radical (unpaired) electrons. The van der Waals surface area contributed by atoms with Gasteiger partial charge in [-0.2, -0.15) is 10.3 Å². The van der Waals surface area contributed by atoms with Crippen LogP contribution in [-0.2, 0) is 0 Å². The highest BCUT2D eigenvalue weighted by Gasteiger charge is 2.36. The van der Waals surface area contributed by atoms with E-state index in [4.69, 9.17) is 43.9 Å². The molecule has 3 aromatic rings. The summed E-state index contributed by atoms with van der Waals surface area (Å²) in [7, 11) is 3.72. The number of nitrogens with two attached hydrogens (primary N) is 1. The number of amides is 1. The van der Waals surface area contributed by atoms with Crippen LogP contribution in [0.25, 0.3) is 11.1 Å². The number of fused-ring (bicyclic) bond motifs is 1. The molecule has 3 N–H and O–H groups in total. The van der Waals surface area contributed by atoms with Crippen LogP contribution < -0.4 is 15.8 Å². The lowest BCUT2D eigenvalue weighted by Gasteiger charge is -2.33. The van der Waals surface area contributed by atoms with Crippen molar-refractivity contribution in [1.29, 1.82) is 5.26 Å². The van der Waals surface area contributed by atoms with Gasteiger partial charge in [0, 0.05) is 25.3 Å². The Balaban J connectivity index is 1.48. The smallest absolute Gasteiger partial charge is 0.248 e. The summed E-state index contributed by atoms with van der Waals surface area (Å²) < 4.78 is 6.23. The minimum atomic E-state index is -0.503. The molecule has 0 bridgehead atoms. The monoisotopic (exact) mass is 545 g/mol. The Morgan fingerprint density at radius 1 is 1.05 bits per heavy atom. The van der Waals surface area contributed by atoms with Crippen molar-refractivity contribution < 1.29 is 9.53 Å². The molecule has 0 saturated carbocycles. The normalized spacial score (nSPS) is 16.2. The number of halogens is 2. The molecule has 0 aliphatic carbocycles. The Kier molecular flexibility index (Phi) is 6.68. The molecule has 0 spiro atoms. The third-order valence-electron chi connectivity index (χ3n) is 6.10. The molecule has 3 aromatic carbocycles. The summed E-state index contributed by atoms with van der Waals surface area (Å²) in [5, 5.41) is 12.9. The summed E-state index contributed by atoms with van der Waals surface area (Å²) in [6.07, 6.45) is 1.32. The van der Waals surface area contributed by atoms with Gasteiger partial charge in [0.2, 0.25) is 17.7 Å². The Morgan fingerprint density at radius 3 is 2.32 bits per heavy atom. The lowest BCUT2D eigenvalue weighted by Crippen LogP contribution is -2.45. The molecule has 190 valence electrons. The van der Waals surface area contributed by atoms with E-state index in [1.807, 2.05) is 23.9 Å². The highest BCUT2D eigenvalue weighted by molar-refractivity contribution is 6.37. The number of nitrogens with one attached hydrogen (secondary N) is 1. The molecule has 2 heterocycles. The first-order valence-corrected chi connectivity index (χ1v) is 12.2. The average molecular weight is 546 g/mol. The fourth-order valence-corrected chi connectivity index (χ4v) is 4.63. The number of rotatable bonds is 5. The van der Waals surface area contributed by atoms with Crippen molar-refractivity contribution >= 4 is 47.1 Å². The van der Waals surface area contributed by atoms with Crippen LogP contribution in [0.2, 0.25) is 10.0 Å². The van der Waals surface area contributed by atoms with Gasteiger partial charge >= 0.3 is 0 Å². The maximum absolute atomic E-state index is 11.4. The third-order valence-corrected chi connectivity index (χ3v) is 6.66. The number of nitriles is 1. The zero-order chi connectivity index (χ0) is 27.0. The number of benzene rings is 3. The average Bonchev–Trinajstić information content (AvgIpc) is 3.31. The van der Waals surface area contributed by atoms with E-state index in [-0.39, 0.29) is 27.8 Å².